The van der Waals surface area contributed by atoms with Crippen LogP contribution in [0.1, 0.15) is 20.7 Å². The van der Waals surface area contributed by atoms with Gasteiger partial charge in [0.15, 0.2) is 0 Å². The number of carboxylic acid groups (broad SMARTS) is 2. The standard InChI is InChI=1S/C26H18O12S2.2Na/c27-25(28)15-1-7-19(8-2-15)37-21-11-5-17(13-23(21)39(31,32)33)18-6-12-22(24(14-18)40(34,35)36)38-20-9-3-16(4-10-20)26(29)30;;/h1-14H,(H,27,28)(H,29,30)(H,31,32,33)(H,34,35,36);;/q;2*+1/p-2. The van der Waals surface area contributed by atoms with E-state index in [4.69, 9.17) is 19.7 Å². The van der Waals surface area contributed by atoms with Gasteiger partial charge in [-0.3, -0.25) is 0 Å². The summed E-state index contributed by atoms with van der Waals surface area (Å²) in [7, 11) is -10.2. The second-order valence-corrected chi connectivity index (χ2v) is 10.8. The molecule has 0 saturated heterocycles. The summed E-state index contributed by atoms with van der Waals surface area (Å²) in [4.78, 5) is 20.4. The summed E-state index contributed by atoms with van der Waals surface area (Å²) < 4.78 is 83.0. The predicted octanol–water partition coefficient (Wildman–Crippen LogP) is -1.85. The third-order valence-corrected chi connectivity index (χ3v) is 7.13. The van der Waals surface area contributed by atoms with Crippen LogP contribution in [0, 0.1) is 0 Å². The maximum atomic E-state index is 12.0. The van der Waals surface area contributed by atoms with E-state index < -0.39 is 42.0 Å². The molecule has 0 aromatic heterocycles. The molecule has 42 heavy (non-hydrogen) atoms. The van der Waals surface area contributed by atoms with E-state index in [0.29, 0.717) is 0 Å². The molecule has 206 valence electrons. The largest absolute Gasteiger partial charge is 1.00 e. The number of hydrogen-bond acceptors (Lipinski definition) is 10. The molecule has 0 radical (unpaired) electrons. The Bertz CT molecular complexity index is 1700. The quantitative estimate of drug-likeness (QED) is 0.154. The zero-order valence-corrected chi connectivity index (χ0v) is 27.5. The summed E-state index contributed by atoms with van der Waals surface area (Å²) >= 11 is 0. The Morgan fingerprint density at radius 2 is 0.857 bits per heavy atom. The zero-order chi connectivity index (χ0) is 29.2. The van der Waals surface area contributed by atoms with Crippen LogP contribution in [0.25, 0.3) is 11.1 Å². The fourth-order valence-corrected chi connectivity index (χ4v) is 4.77. The van der Waals surface area contributed by atoms with Crippen LogP contribution in [0.2, 0.25) is 0 Å². The Balaban J connectivity index is 0.00000308. The number of aromatic carboxylic acids is 2. The third kappa shape index (κ3) is 8.64. The van der Waals surface area contributed by atoms with Crippen molar-refractivity contribution in [2.45, 2.75) is 9.79 Å². The molecule has 0 saturated carbocycles. The topological polar surface area (TPSA) is 207 Å². The SMILES string of the molecule is O=C(O)c1ccc(Oc2ccc(-c3ccc(Oc4ccc(C(=O)O)cc4)c(S(=O)(=O)[O-])c3)cc2S(=O)(=O)[O-])cc1.[Na+].[Na+]. The van der Waals surface area contributed by atoms with Crippen molar-refractivity contribution in [1.82, 2.24) is 0 Å². The fraction of sp³-hybridized carbons (Fsp3) is 0. The maximum absolute atomic E-state index is 12.0. The van der Waals surface area contributed by atoms with Crippen LogP contribution in [-0.2, 0) is 20.2 Å². The molecular weight excluding hydrogens is 614 g/mol. The molecule has 4 aromatic carbocycles. The van der Waals surface area contributed by atoms with Gasteiger partial charge in [0, 0.05) is 0 Å². The van der Waals surface area contributed by atoms with Gasteiger partial charge in [0.05, 0.1) is 20.9 Å². The molecule has 0 bridgehead atoms. The van der Waals surface area contributed by atoms with Crippen LogP contribution < -0.4 is 68.6 Å². The van der Waals surface area contributed by atoms with Gasteiger partial charge in [-0.2, -0.15) is 0 Å². The summed E-state index contributed by atoms with van der Waals surface area (Å²) in [5.41, 5.74) is -0.00285. The molecule has 2 N–H and O–H groups in total. The normalized spacial score (nSPS) is 11.0. The van der Waals surface area contributed by atoms with Gasteiger partial charge in [0.2, 0.25) is 0 Å². The van der Waals surface area contributed by atoms with Crippen LogP contribution >= 0.6 is 0 Å². The number of carboxylic acids is 2. The second-order valence-electron chi connectivity index (χ2n) is 8.09. The minimum absolute atomic E-state index is 0. The van der Waals surface area contributed by atoms with Crippen molar-refractivity contribution in [2.75, 3.05) is 0 Å². The van der Waals surface area contributed by atoms with Gasteiger partial charge in [0.25, 0.3) is 0 Å². The molecule has 16 heteroatoms. The van der Waals surface area contributed by atoms with E-state index >= 15 is 0 Å². The fourth-order valence-electron chi connectivity index (χ4n) is 3.52. The van der Waals surface area contributed by atoms with Crippen molar-refractivity contribution >= 4 is 32.2 Å². The molecule has 0 aliphatic carbocycles. The molecule has 0 atom stereocenters. The Morgan fingerprint density at radius 3 is 1.12 bits per heavy atom. The van der Waals surface area contributed by atoms with E-state index in [0.717, 1.165) is 24.3 Å². The van der Waals surface area contributed by atoms with Gasteiger partial charge in [-0.1, -0.05) is 12.1 Å². The van der Waals surface area contributed by atoms with Gasteiger partial charge in [-0.25, -0.2) is 26.4 Å². The molecule has 4 rings (SSSR count). The number of carbonyl (C=O) groups is 2. The van der Waals surface area contributed by atoms with E-state index in [-0.39, 0.29) is 104 Å². The minimum atomic E-state index is -5.12. The molecular formula is C26H16Na2O12S2. The smallest absolute Gasteiger partial charge is 0.744 e. The molecule has 12 nitrogen and oxygen atoms in total. The second kappa shape index (κ2) is 14.1. The first kappa shape index (κ1) is 35.4. The number of ether oxygens (including phenoxy) is 2. The third-order valence-electron chi connectivity index (χ3n) is 5.42. The molecule has 4 aromatic rings. The summed E-state index contributed by atoms with van der Waals surface area (Å²) in [6, 6.07) is 16.7. The van der Waals surface area contributed by atoms with E-state index in [9.17, 15) is 35.5 Å². The molecule has 0 unspecified atom stereocenters. The molecule has 0 aliphatic heterocycles. The van der Waals surface area contributed by atoms with Gasteiger partial charge in [-0.05, 0) is 83.9 Å². The minimum Gasteiger partial charge on any atom is -0.744 e. The summed E-state index contributed by atoms with van der Waals surface area (Å²) in [6.45, 7) is 0. The van der Waals surface area contributed by atoms with Crippen LogP contribution in [0.15, 0.2) is 94.7 Å². The van der Waals surface area contributed by atoms with Crippen LogP contribution in [-0.4, -0.2) is 48.1 Å². The van der Waals surface area contributed by atoms with Crippen LogP contribution in [0.3, 0.4) is 0 Å². The Kier molecular flexibility index (Phi) is 11.9. The van der Waals surface area contributed by atoms with E-state index in [1.54, 1.807) is 0 Å². The van der Waals surface area contributed by atoms with Gasteiger partial charge < -0.3 is 28.8 Å². The summed E-state index contributed by atoms with van der Waals surface area (Å²) in [6.07, 6.45) is 0. The molecule has 0 heterocycles. The van der Waals surface area contributed by atoms with Crippen molar-refractivity contribution in [3.05, 3.63) is 96.1 Å². The van der Waals surface area contributed by atoms with E-state index in [1.807, 2.05) is 0 Å². The Hall–Kier alpha value is -2.76. The maximum Gasteiger partial charge on any atom is 1.00 e. The molecule has 0 aliphatic rings. The van der Waals surface area contributed by atoms with Crippen molar-refractivity contribution in [2.24, 2.45) is 0 Å². The van der Waals surface area contributed by atoms with Crippen molar-refractivity contribution < 1.29 is 114 Å². The predicted molar refractivity (Wildman–Crippen MR) is 135 cm³/mol. The Morgan fingerprint density at radius 1 is 0.548 bits per heavy atom. The summed E-state index contributed by atoms with van der Waals surface area (Å²) in [5.74, 6) is -3.04. The van der Waals surface area contributed by atoms with E-state index in [2.05, 4.69) is 0 Å². The first-order valence-electron chi connectivity index (χ1n) is 10.9. The summed E-state index contributed by atoms with van der Waals surface area (Å²) in [5, 5.41) is 18.0. The van der Waals surface area contributed by atoms with Crippen molar-refractivity contribution in [3.63, 3.8) is 0 Å². The molecule has 0 spiro atoms. The molecule has 0 amide bonds. The average Bonchev–Trinajstić information content (AvgIpc) is 2.88. The van der Waals surface area contributed by atoms with Crippen LogP contribution in [0.5, 0.6) is 23.0 Å². The zero-order valence-electron chi connectivity index (χ0n) is 21.9. The van der Waals surface area contributed by atoms with Gasteiger partial charge in [-0.15, -0.1) is 0 Å². The van der Waals surface area contributed by atoms with Gasteiger partial charge in [0.1, 0.15) is 43.2 Å². The number of benzene rings is 4. The number of hydrogen-bond donors (Lipinski definition) is 2. The van der Waals surface area contributed by atoms with E-state index in [1.165, 1.54) is 60.7 Å². The first-order valence-corrected chi connectivity index (χ1v) is 13.8. The first-order chi connectivity index (χ1) is 18.7. The van der Waals surface area contributed by atoms with Crippen LogP contribution in [0.4, 0.5) is 0 Å². The number of rotatable bonds is 9. The molecule has 0 fully saturated rings. The van der Waals surface area contributed by atoms with Crippen molar-refractivity contribution in [1.29, 1.82) is 0 Å². The average molecular weight is 631 g/mol. The Labute approximate surface area is 284 Å². The van der Waals surface area contributed by atoms with Crippen molar-refractivity contribution in [3.8, 4) is 34.1 Å². The monoisotopic (exact) mass is 630 g/mol. The van der Waals surface area contributed by atoms with Gasteiger partial charge >= 0.3 is 71.1 Å².